The molecule has 0 heterocycles. The molecule has 0 N–H and O–H groups in total. The maximum atomic E-state index is 3.69. The van der Waals surface area contributed by atoms with Crippen LogP contribution >= 0.6 is 0 Å². The molecule has 0 amide bonds. The first kappa shape index (κ1) is 12.6. The van der Waals surface area contributed by atoms with Gasteiger partial charge in [-0.15, -0.1) is 0 Å². The summed E-state index contributed by atoms with van der Waals surface area (Å²) in [7, 11) is 0. The molecule has 0 fully saturated rings. The van der Waals surface area contributed by atoms with Crippen LogP contribution in [0, 0.1) is 12.0 Å². The maximum Gasteiger partial charge on any atom is -0.00612 e. The molecule has 103 valence electrons. The van der Waals surface area contributed by atoms with Gasteiger partial charge in [0.25, 0.3) is 0 Å². The third-order valence-corrected chi connectivity index (χ3v) is 4.66. The van der Waals surface area contributed by atoms with Gasteiger partial charge < -0.3 is 0 Å². The minimum Gasteiger partial charge on any atom is -0.0622 e. The fourth-order valence-electron chi connectivity index (χ4n) is 3.47. The second-order valence-electron chi connectivity index (χ2n) is 6.25. The summed E-state index contributed by atoms with van der Waals surface area (Å²) < 4.78 is 0. The lowest BCUT2D eigenvalue weighted by Gasteiger charge is -2.22. The van der Waals surface area contributed by atoms with E-state index in [1.165, 1.54) is 52.3 Å². The molecule has 0 aromatic heterocycles. The predicted molar refractivity (Wildman–Crippen MR) is 89.4 cm³/mol. The summed E-state index contributed by atoms with van der Waals surface area (Å²) in [6.45, 7) is 2.35. The Morgan fingerprint density at radius 1 is 0.952 bits per heavy atom. The van der Waals surface area contributed by atoms with Gasteiger partial charge in [-0.25, -0.2) is 0 Å². The molecule has 1 aliphatic carbocycles. The summed E-state index contributed by atoms with van der Waals surface area (Å²) >= 11 is 0. The van der Waals surface area contributed by atoms with Gasteiger partial charge >= 0.3 is 0 Å². The van der Waals surface area contributed by atoms with Crippen molar-refractivity contribution in [3.63, 3.8) is 0 Å². The summed E-state index contributed by atoms with van der Waals surface area (Å²) in [4.78, 5) is 0. The highest BCUT2D eigenvalue weighted by Crippen LogP contribution is 2.32. The molecular formula is C21H19. The minimum atomic E-state index is 0.814. The Hall–Kier alpha value is -2.08. The van der Waals surface area contributed by atoms with Crippen LogP contribution < -0.4 is 0 Å². The summed E-state index contributed by atoms with van der Waals surface area (Å²) in [6, 6.07) is 23.4. The van der Waals surface area contributed by atoms with Crippen LogP contribution in [0.25, 0.3) is 21.9 Å². The van der Waals surface area contributed by atoms with Gasteiger partial charge in [0, 0.05) is 0 Å². The Labute approximate surface area is 126 Å². The second-order valence-corrected chi connectivity index (χ2v) is 6.25. The molecule has 4 rings (SSSR count). The van der Waals surface area contributed by atoms with E-state index in [1.54, 1.807) is 0 Å². The van der Waals surface area contributed by atoms with Crippen molar-refractivity contribution in [2.75, 3.05) is 0 Å². The number of rotatable bonds is 1. The van der Waals surface area contributed by atoms with Crippen LogP contribution in [0.3, 0.4) is 0 Å². The van der Waals surface area contributed by atoms with Gasteiger partial charge in [-0.2, -0.15) is 0 Å². The molecule has 0 saturated carbocycles. The first-order chi connectivity index (χ1) is 10.3. The van der Waals surface area contributed by atoms with Crippen molar-refractivity contribution in [1.82, 2.24) is 0 Å². The molecular weight excluding hydrogens is 252 g/mol. The van der Waals surface area contributed by atoms with Crippen LogP contribution in [-0.4, -0.2) is 0 Å². The molecule has 1 unspecified atom stereocenters. The Morgan fingerprint density at radius 3 is 2.76 bits per heavy atom. The van der Waals surface area contributed by atoms with Crippen molar-refractivity contribution in [1.29, 1.82) is 0 Å². The molecule has 0 saturated heterocycles. The van der Waals surface area contributed by atoms with Crippen molar-refractivity contribution < 1.29 is 0 Å². The van der Waals surface area contributed by atoms with Gasteiger partial charge in [0.05, 0.1) is 0 Å². The first-order valence-electron chi connectivity index (χ1n) is 7.83. The zero-order chi connectivity index (χ0) is 14.2. The highest BCUT2D eigenvalue weighted by molar-refractivity contribution is 5.96. The molecule has 0 spiro atoms. The van der Waals surface area contributed by atoms with Gasteiger partial charge in [-0.1, -0.05) is 61.5 Å². The average Bonchev–Trinajstić information content (AvgIpc) is 2.54. The topological polar surface area (TPSA) is 0 Å². The highest BCUT2D eigenvalue weighted by atomic mass is 14.2. The summed E-state index contributed by atoms with van der Waals surface area (Å²) in [6.07, 6.45) is 3.68. The number of benzene rings is 3. The summed E-state index contributed by atoms with van der Waals surface area (Å²) in [5, 5.41) is 2.62. The Balaban J connectivity index is 1.86. The zero-order valence-electron chi connectivity index (χ0n) is 12.4. The highest BCUT2D eigenvalue weighted by Gasteiger charge is 2.16. The van der Waals surface area contributed by atoms with Gasteiger partial charge in [0.1, 0.15) is 0 Å². The third kappa shape index (κ3) is 2.25. The monoisotopic (exact) mass is 271 g/mol. The van der Waals surface area contributed by atoms with Crippen molar-refractivity contribution >= 4 is 10.8 Å². The number of fused-ring (bicyclic) bond motifs is 2. The van der Waals surface area contributed by atoms with Crippen LogP contribution in [-0.2, 0) is 12.8 Å². The lowest BCUT2D eigenvalue weighted by atomic mass is 9.83. The molecule has 1 aliphatic rings. The number of hydrogen-bond donors (Lipinski definition) is 0. The summed E-state index contributed by atoms with van der Waals surface area (Å²) in [5.74, 6) is 0.814. The van der Waals surface area contributed by atoms with Crippen LogP contribution in [0.5, 0.6) is 0 Å². The van der Waals surface area contributed by atoms with E-state index in [4.69, 9.17) is 0 Å². The molecule has 3 aromatic carbocycles. The van der Waals surface area contributed by atoms with E-state index in [1.807, 2.05) is 0 Å². The smallest absolute Gasteiger partial charge is 0.00612 e. The standard InChI is InChI=1S/C21H19/c1-15-9-10-18-14-19(12-11-17(18)13-15)21-8-4-6-16-5-2-3-7-20(16)21/h2-8,11-12,15H,9-10,13H2,1H3. The predicted octanol–water partition coefficient (Wildman–Crippen LogP) is 5.43. The number of hydrogen-bond acceptors (Lipinski definition) is 0. The molecule has 1 radical (unpaired) electrons. The third-order valence-electron chi connectivity index (χ3n) is 4.66. The fraction of sp³-hybridized carbons (Fsp3) is 0.238. The zero-order valence-corrected chi connectivity index (χ0v) is 12.4. The quantitative estimate of drug-likeness (QED) is 0.553. The maximum absolute atomic E-state index is 3.69. The largest absolute Gasteiger partial charge is 0.0622 e. The molecule has 3 aromatic rings. The van der Waals surface area contributed by atoms with Crippen molar-refractivity contribution in [2.45, 2.75) is 26.2 Å². The van der Waals surface area contributed by atoms with Crippen molar-refractivity contribution in [2.24, 2.45) is 5.92 Å². The van der Waals surface area contributed by atoms with E-state index < -0.39 is 0 Å². The Bertz CT molecular complexity index is 793. The molecule has 0 nitrogen and oxygen atoms in total. The molecule has 0 bridgehead atoms. The minimum absolute atomic E-state index is 0.814. The fourth-order valence-corrected chi connectivity index (χ4v) is 3.47. The van der Waals surface area contributed by atoms with E-state index >= 15 is 0 Å². The molecule has 0 heteroatoms. The Morgan fingerprint density at radius 2 is 1.81 bits per heavy atom. The van der Waals surface area contributed by atoms with Gasteiger partial charge in [0.2, 0.25) is 0 Å². The number of aryl methyl sites for hydroxylation is 1. The summed E-state index contributed by atoms with van der Waals surface area (Å²) in [5.41, 5.74) is 5.46. The molecule has 21 heavy (non-hydrogen) atoms. The van der Waals surface area contributed by atoms with E-state index in [9.17, 15) is 0 Å². The van der Waals surface area contributed by atoms with Crippen LogP contribution in [0.15, 0.2) is 54.6 Å². The van der Waals surface area contributed by atoms with Gasteiger partial charge in [-0.3, -0.25) is 0 Å². The van der Waals surface area contributed by atoms with Crippen LogP contribution in [0.2, 0.25) is 0 Å². The van der Waals surface area contributed by atoms with Crippen LogP contribution in [0.4, 0.5) is 0 Å². The van der Waals surface area contributed by atoms with E-state index in [0.717, 1.165) is 5.92 Å². The van der Waals surface area contributed by atoms with Gasteiger partial charge in [-0.05, 0) is 64.3 Å². The molecule has 0 aliphatic heterocycles. The van der Waals surface area contributed by atoms with E-state index in [0.29, 0.717) is 0 Å². The SMILES string of the molecule is CC1CCc2[c]c(-c3cccc4ccccc34)ccc2C1. The van der Waals surface area contributed by atoms with Crippen LogP contribution in [0.1, 0.15) is 24.5 Å². The second kappa shape index (κ2) is 5.04. The van der Waals surface area contributed by atoms with Gasteiger partial charge in [0.15, 0.2) is 0 Å². The lowest BCUT2D eigenvalue weighted by Crippen LogP contribution is -2.11. The average molecular weight is 271 g/mol. The van der Waals surface area contributed by atoms with Crippen molar-refractivity contribution in [3.8, 4) is 11.1 Å². The molecule has 1 atom stereocenters. The van der Waals surface area contributed by atoms with E-state index in [-0.39, 0.29) is 0 Å². The first-order valence-corrected chi connectivity index (χ1v) is 7.83. The Kier molecular flexibility index (Phi) is 3.03. The van der Waals surface area contributed by atoms with Crippen molar-refractivity contribution in [3.05, 3.63) is 71.8 Å². The normalized spacial score (nSPS) is 17.7. The lowest BCUT2D eigenvalue weighted by molar-refractivity contribution is 0.501. The van der Waals surface area contributed by atoms with E-state index in [2.05, 4.69) is 67.6 Å².